The molecule has 0 aromatic carbocycles. The maximum atomic E-state index is 6.11. The van der Waals surface area contributed by atoms with Crippen LogP contribution in [-0.4, -0.2) is 7.05 Å². The summed E-state index contributed by atoms with van der Waals surface area (Å²) in [6, 6.07) is 2.59. The van der Waals surface area contributed by atoms with Gasteiger partial charge in [-0.25, -0.2) is 0 Å². The largest absolute Gasteiger partial charge is 0.312 e. The van der Waals surface area contributed by atoms with Gasteiger partial charge in [-0.2, -0.15) is 0 Å². The molecule has 0 fully saturated rings. The molecular formula is C12H20ClNS. The molecule has 1 N–H and O–H groups in total. The van der Waals surface area contributed by atoms with Crippen LogP contribution >= 0.6 is 22.9 Å². The maximum absolute atomic E-state index is 6.11. The summed E-state index contributed by atoms with van der Waals surface area (Å²) in [5, 5.41) is 3.40. The van der Waals surface area contributed by atoms with Crippen molar-refractivity contribution in [3.05, 3.63) is 20.8 Å². The van der Waals surface area contributed by atoms with Crippen LogP contribution in [0.5, 0.6) is 0 Å². The van der Waals surface area contributed by atoms with Crippen LogP contribution < -0.4 is 5.32 Å². The van der Waals surface area contributed by atoms with Crippen LogP contribution in [0.25, 0.3) is 0 Å². The van der Waals surface area contributed by atoms with E-state index >= 15 is 0 Å². The number of hydrogen-bond donors (Lipinski definition) is 1. The molecule has 0 bridgehead atoms. The molecule has 0 saturated carbocycles. The third-order valence-corrected chi connectivity index (χ3v) is 4.76. The monoisotopic (exact) mass is 245 g/mol. The van der Waals surface area contributed by atoms with E-state index in [1.165, 1.54) is 10.4 Å². The van der Waals surface area contributed by atoms with Crippen LogP contribution in [0.4, 0.5) is 0 Å². The molecule has 0 aliphatic rings. The van der Waals surface area contributed by atoms with Crippen molar-refractivity contribution in [3.8, 4) is 0 Å². The van der Waals surface area contributed by atoms with Gasteiger partial charge in [-0.15, -0.1) is 11.3 Å². The van der Waals surface area contributed by atoms with Crippen molar-refractivity contribution < 1.29 is 0 Å². The number of hydrogen-bond acceptors (Lipinski definition) is 2. The summed E-state index contributed by atoms with van der Waals surface area (Å²) in [4.78, 5) is 1.34. The second kappa shape index (κ2) is 4.86. The summed E-state index contributed by atoms with van der Waals surface area (Å²) in [6.45, 7) is 8.87. The van der Waals surface area contributed by atoms with Crippen molar-refractivity contribution in [1.82, 2.24) is 5.32 Å². The van der Waals surface area contributed by atoms with Crippen molar-refractivity contribution in [1.29, 1.82) is 0 Å². The average molecular weight is 246 g/mol. The molecular weight excluding hydrogens is 226 g/mol. The van der Waals surface area contributed by atoms with E-state index in [9.17, 15) is 0 Å². The second-order valence-corrected chi connectivity index (χ2v) is 6.36. The number of rotatable bonds is 4. The van der Waals surface area contributed by atoms with Gasteiger partial charge in [-0.3, -0.25) is 0 Å². The van der Waals surface area contributed by atoms with Gasteiger partial charge in [0.05, 0.1) is 4.34 Å². The summed E-state index contributed by atoms with van der Waals surface area (Å²) in [5.41, 5.74) is 1.44. The Labute approximate surface area is 102 Å². The lowest BCUT2D eigenvalue weighted by Crippen LogP contribution is -2.30. The zero-order valence-electron chi connectivity index (χ0n) is 10.1. The Morgan fingerprint density at radius 1 is 1.53 bits per heavy atom. The second-order valence-electron chi connectivity index (χ2n) is 4.67. The van der Waals surface area contributed by atoms with E-state index < -0.39 is 0 Å². The number of halogens is 1. The highest BCUT2D eigenvalue weighted by Crippen LogP contribution is 2.41. The topological polar surface area (TPSA) is 12.0 Å². The van der Waals surface area contributed by atoms with Gasteiger partial charge in [0.1, 0.15) is 0 Å². The molecule has 1 heterocycles. The Balaban J connectivity index is 3.02. The number of thiophene rings is 1. The highest BCUT2D eigenvalue weighted by atomic mass is 35.5. The Kier molecular flexibility index (Phi) is 4.21. The van der Waals surface area contributed by atoms with E-state index in [1.807, 2.05) is 7.05 Å². The maximum Gasteiger partial charge on any atom is 0.0960 e. The first-order valence-electron chi connectivity index (χ1n) is 5.35. The molecule has 1 aromatic rings. The minimum absolute atomic E-state index is 0.259. The Hall–Kier alpha value is -0.0500. The molecule has 1 atom stereocenters. The quantitative estimate of drug-likeness (QED) is 0.829. The van der Waals surface area contributed by atoms with E-state index in [4.69, 9.17) is 11.6 Å². The van der Waals surface area contributed by atoms with E-state index in [1.54, 1.807) is 11.3 Å². The van der Waals surface area contributed by atoms with E-state index in [0.29, 0.717) is 6.04 Å². The fraction of sp³-hybridized carbons (Fsp3) is 0.667. The van der Waals surface area contributed by atoms with Crippen LogP contribution in [0, 0.1) is 12.3 Å². The van der Waals surface area contributed by atoms with Gasteiger partial charge in [-0.05, 0) is 37.4 Å². The summed E-state index contributed by atoms with van der Waals surface area (Å²) in [6.07, 6.45) is 1.15. The first kappa shape index (κ1) is 13.0. The van der Waals surface area contributed by atoms with Gasteiger partial charge in [0, 0.05) is 10.9 Å². The predicted molar refractivity (Wildman–Crippen MR) is 69.9 cm³/mol. The molecule has 15 heavy (non-hydrogen) atoms. The molecule has 0 aliphatic carbocycles. The normalized spacial score (nSPS) is 14.3. The molecule has 86 valence electrons. The average Bonchev–Trinajstić information content (AvgIpc) is 2.47. The first-order valence-corrected chi connectivity index (χ1v) is 6.55. The van der Waals surface area contributed by atoms with Crippen LogP contribution in [0.15, 0.2) is 6.07 Å². The molecule has 0 saturated heterocycles. The van der Waals surface area contributed by atoms with Crippen LogP contribution in [0.3, 0.4) is 0 Å². The summed E-state index contributed by atoms with van der Waals surface area (Å²) in [7, 11) is 2.02. The fourth-order valence-electron chi connectivity index (χ4n) is 1.75. The molecule has 3 heteroatoms. The molecule has 0 amide bonds. The number of aryl methyl sites for hydroxylation is 1. The van der Waals surface area contributed by atoms with E-state index in [-0.39, 0.29) is 5.41 Å². The van der Waals surface area contributed by atoms with Crippen molar-refractivity contribution in [2.75, 3.05) is 7.05 Å². The molecule has 1 nitrogen and oxygen atoms in total. The predicted octanol–water partition coefficient (Wildman–Crippen LogP) is 4.41. The highest BCUT2D eigenvalue weighted by molar-refractivity contribution is 7.16. The molecule has 1 aromatic heterocycles. The van der Waals surface area contributed by atoms with E-state index in [2.05, 4.69) is 39.1 Å². The fourth-order valence-corrected chi connectivity index (χ4v) is 3.29. The molecule has 0 radical (unpaired) electrons. The molecule has 1 rings (SSSR count). The standard InChI is InChI=1S/C12H20ClNS/c1-6-12(3,4)10(14-5)9-7-8(2)11(13)15-9/h7,10,14H,6H2,1-5H3. The molecule has 0 spiro atoms. The lowest BCUT2D eigenvalue weighted by molar-refractivity contribution is 0.249. The van der Waals surface area contributed by atoms with Crippen LogP contribution in [0.2, 0.25) is 4.34 Å². The smallest absolute Gasteiger partial charge is 0.0960 e. The van der Waals surface area contributed by atoms with Crippen molar-refractivity contribution >= 4 is 22.9 Å². The lowest BCUT2D eigenvalue weighted by atomic mass is 9.81. The van der Waals surface area contributed by atoms with Crippen LogP contribution in [-0.2, 0) is 0 Å². The van der Waals surface area contributed by atoms with E-state index in [0.717, 1.165) is 10.8 Å². The summed E-state index contributed by atoms with van der Waals surface area (Å²) >= 11 is 7.81. The molecule has 1 unspecified atom stereocenters. The third-order valence-electron chi connectivity index (χ3n) is 3.14. The summed E-state index contributed by atoms with van der Waals surface area (Å²) in [5.74, 6) is 0. The van der Waals surface area contributed by atoms with Gasteiger partial charge in [0.15, 0.2) is 0 Å². The Morgan fingerprint density at radius 2 is 2.13 bits per heavy atom. The Bertz CT molecular complexity index is 311. The lowest BCUT2D eigenvalue weighted by Gasteiger charge is -2.32. The minimum Gasteiger partial charge on any atom is -0.312 e. The Morgan fingerprint density at radius 3 is 2.47 bits per heavy atom. The van der Waals surface area contributed by atoms with Crippen molar-refractivity contribution in [3.63, 3.8) is 0 Å². The van der Waals surface area contributed by atoms with Gasteiger partial charge in [0.25, 0.3) is 0 Å². The molecule has 0 aliphatic heterocycles. The number of nitrogens with one attached hydrogen (secondary N) is 1. The van der Waals surface area contributed by atoms with Crippen LogP contribution in [0.1, 0.15) is 43.7 Å². The van der Waals surface area contributed by atoms with Gasteiger partial charge in [0.2, 0.25) is 0 Å². The SMILES string of the molecule is CCC(C)(C)C(NC)c1cc(C)c(Cl)s1. The first-order chi connectivity index (χ1) is 6.92. The van der Waals surface area contributed by atoms with Crippen molar-refractivity contribution in [2.45, 2.75) is 40.2 Å². The van der Waals surface area contributed by atoms with Crippen molar-refractivity contribution in [2.24, 2.45) is 5.41 Å². The van der Waals surface area contributed by atoms with Gasteiger partial charge in [-0.1, -0.05) is 32.4 Å². The highest BCUT2D eigenvalue weighted by Gasteiger charge is 2.29. The van der Waals surface area contributed by atoms with Gasteiger partial charge < -0.3 is 5.32 Å². The third kappa shape index (κ3) is 2.74. The zero-order chi connectivity index (χ0) is 11.6. The summed E-state index contributed by atoms with van der Waals surface area (Å²) < 4.78 is 0.914. The zero-order valence-corrected chi connectivity index (χ0v) is 11.7. The van der Waals surface area contributed by atoms with Gasteiger partial charge >= 0.3 is 0 Å². The minimum atomic E-state index is 0.259.